The molecule has 0 bridgehead atoms. The van der Waals surface area contributed by atoms with Gasteiger partial charge in [0.1, 0.15) is 0 Å². The molecule has 0 spiro atoms. The van der Waals surface area contributed by atoms with Crippen molar-refractivity contribution in [3.05, 3.63) is 30.3 Å². The van der Waals surface area contributed by atoms with E-state index >= 15 is 0 Å². The molecule has 0 atom stereocenters. The fourth-order valence-corrected chi connectivity index (χ4v) is 0.721. The van der Waals surface area contributed by atoms with Gasteiger partial charge in [-0.3, -0.25) is 0 Å². The Hall–Kier alpha value is -0.372. The summed E-state index contributed by atoms with van der Waals surface area (Å²) in [5.41, 5.74) is 0. The fourth-order valence-electron chi connectivity index (χ4n) is 0.406. The van der Waals surface area contributed by atoms with Gasteiger partial charge in [0.05, 0.1) is 0 Å². The van der Waals surface area contributed by atoms with Crippen molar-refractivity contribution in [3.8, 4) is 0 Å². The number of halogens is 4. The van der Waals surface area contributed by atoms with Crippen LogP contribution >= 0.6 is 0 Å². The van der Waals surface area contributed by atoms with Crippen molar-refractivity contribution in [1.29, 1.82) is 0 Å². The molecule has 0 unspecified atom stereocenters. The van der Waals surface area contributed by atoms with Crippen LogP contribution in [0.1, 0.15) is 0 Å². The van der Waals surface area contributed by atoms with Crippen molar-refractivity contribution in [1.82, 2.24) is 0 Å². The maximum absolute atomic E-state index is 9.75. The van der Waals surface area contributed by atoms with Gasteiger partial charge in [-0.2, -0.15) is 0 Å². The molecule has 70 valence electrons. The normalized spacial score (nSPS) is 10.2. The molecule has 1 rings (SSSR count). The topological polar surface area (TPSA) is 0 Å². The number of benzene rings is 1. The van der Waals surface area contributed by atoms with Crippen LogP contribution in [0, 0.1) is 0 Å². The van der Waals surface area contributed by atoms with Crippen molar-refractivity contribution in [2.45, 2.75) is 0 Å². The number of hydrogen-bond acceptors (Lipinski definition) is 0. The first-order chi connectivity index (χ1) is 5.39. The van der Waals surface area contributed by atoms with E-state index in [4.69, 9.17) is 0 Å². The predicted octanol–water partition coefficient (Wildman–Crippen LogP) is 2.16. The van der Waals surface area contributed by atoms with Crippen molar-refractivity contribution in [2.24, 2.45) is 0 Å². The summed E-state index contributed by atoms with van der Waals surface area (Å²) in [6.45, 7) is 0. The first kappa shape index (κ1) is 11.6. The number of hydrogen-bond donors (Lipinski definition) is 0. The monoisotopic (exact) mass is 267 g/mol. The van der Waals surface area contributed by atoms with Gasteiger partial charge in [0.15, 0.2) is 0 Å². The Bertz CT molecular complexity index is 205. The average Bonchev–Trinajstić information content (AvgIpc) is 1.85. The van der Waals surface area contributed by atoms with E-state index in [9.17, 15) is 17.3 Å². The molecule has 1 aromatic rings. The van der Waals surface area contributed by atoms with E-state index in [2.05, 4.69) is 18.3 Å². The molecule has 0 amide bonds. The molecule has 0 aliphatic carbocycles. The van der Waals surface area contributed by atoms with E-state index in [0.717, 1.165) is 0 Å². The van der Waals surface area contributed by atoms with Crippen molar-refractivity contribution >= 4 is 11.4 Å². The van der Waals surface area contributed by atoms with Crippen LogP contribution in [0.3, 0.4) is 0 Å². The van der Waals surface area contributed by atoms with Crippen LogP contribution in [-0.4, -0.2) is 7.25 Å². The van der Waals surface area contributed by atoms with Gasteiger partial charge in [0, 0.05) is 0 Å². The summed E-state index contributed by atoms with van der Waals surface area (Å²) in [6.07, 6.45) is 0. The molecule has 1 aromatic carbocycles. The second-order valence-corrected chi connectivity index (χ2v) is 2.71. The van der Waals surface area contributed by atoms with Gasteiger partial charge >= 0.3 is 60.0 Å². The van der Waals surface area contributed by atoms with Gasteiger partial charge < -0.3 is 17.3 Å². The van der Waals surface area contributed by atoms with Crippen LogP contribution in [0.5, 0.6) is 0 Å². The molecule has 0 N–H and O–H groups in total. The van der Waals surface area contributed by atoms with Crippen molar-refractivity contribution in [3.63, 3.8) is 0 Å². The Balaban J connectivity index is 0.000000217. The zero-order chi connectivity index (χ0) is 9.61. The third kappa shape index (κ3) is 12.3. The Morgan fingerprint density at radius 3 is 1.42 bits per heavy atom. The van der Waals surface area contributed by atoms with Gasteiger partial charge in [0.2, 0.25) is 0 Å². The SMILES string of the molecule is F[B-](F)(F)F.[Rh][c]1ccccc1. The van der Waals surface area contributed by atoms with E-state index in [1.165, 1.54) is 4.16 Å². The van der Waals surface area contributed by atoms with Gasteiger partial charge in [0.25, 0.3) is 0 Å². The molecule has 0 aliphatic rings. The molecule has 0 saturated heterocycles. The van der Waals surface area contributed by atoms with E-state index in [1.807, 2.05) is 30.3 Å². The molecule has 0 nitrogen and oxygen atoms in total. The Labute approximate surface area is 77.8 Å². The van der Waals surface area contributed by atoms with Crippen molar-refractivity contribution < 1.29 is 35.6 Å². The fraction of sp³-hybridized carbons (Fsp3) is 0. The van der Waals surface area contributed by atoms with E-state index in [-0.39, 0.29) is 0 Å². The summed E-state index contributed by atoms with van der Waals surface area (Å²) < 4.78 is 40.2. The van der Waals surface area contributed by atoms with Crippen molar-refractivity contribution in [2.75, 3.05) is 0 Å². The molecule has 12 heavy (non-hydrogen) atoms. The maximum atomic E-state index is 9.75. The van der Waals surface area contributed by atoms with Crippen LogP contribution in [0.2, 0.25) is 0 Å². The Morgan fingerprint density at radius 1 is 0.917 bits per heavy atom. The zero-order valence-corrected chi connectivity index (χ0v) is 7.45. The number of rotatable bonds is 0. The molecular weight excluding hydrogens is 262 g/mol. The van der Waals surface area contributed by atoms with Crippen LogP contribution in [0.25, 0.3) is 0 Å². The molecular formula is C6H5BF4Rh-. The summed E-state index contributed by atoms with van der Waals surface area (Å²) >= 11 is 2.80. The summed E-state index contributed by atoms with van der Waals surface area (Å²) in [4.78, 5) is 0. The van der Waals surface area contributed by atoms with Gasteiger partial charge in [-0.1, -0.05) is 0 Å². The van der Waals surface area contributed by atoms with Crippen LogP contribution in [0.15, 0.2) is 30.3 Å². The molecule has 0 saturated carbocycles. The summed E-state index contributed by atoms with van der Waals surface area (Å²) in [6, 6.07) is 10.1. The standard InChI is InChI=1S/C6H5.BF4.Rh/c1-2-4-6-5-3-1;2-1(3,4)5;/h1-5H;;/q;-1;. The van der Waals surface area contributed by atoms with Gasteiger partial charge in [-0.15, -0.1) is 0 Å². The zero-order valence-electron chi connectivity index (χ0n) is 5.81. The van der Waals surface area contributed by atoms with E-state index < -0.39 is 7.25 Å². The van der Waals surface area contributed by atoms with E-state index in [1.54, 1.807) is 0 Å². The first-order valence-corrected chi connectivity index (χ1v) is 3.77. The van der Waals surface area contributed by atoms with E-state index in [0.29, 0.717) is 0 Å². The minimum atomic E-state index is -6.00. The van der Waals surface area contributed by atoms with Crippen LogP contribution in [0.4, 0.5) is 17.3 Å². The summed E-state index contributed by atoms with van der Waals surface area (Å²) in [5, 5.41) is 0. The Kier molecular flexibility index (Phi) is 5.14. The molecule has 0 radical (unpaired) electrons. The Morgan fingerprint density at radius 2 is 1.25 bits per heavy atom. The second-order valence-electron chi connectivity index (χ2n) is 1.76. The predicted molar refractivity (Wildman–Crippen MR) is 36.3 cm³/mol. The van der Waals surface area contributed by atoms with Crippen LogP contribution < -0.4 is 4.16 Å². The molecule has 0 aliphatic heterocycles. The van der Waals surface area contributed by atoms with Gasteiger partial charge in [-0.05, 0) is 0 Å². The third-order valence-corrected chi connectivity index (χ3v) is 1.26. The third-order valence-electron chi connectivity index (χ3n) is 0.718. The first-order valence-electron chi connectivity index (χ1n) is 2.95. The molecule has 0 aromatic heterocycles. The minimum absolute atomic E-state index is 1.21. The molecule has 0 fully saturated rings. The van der Waals surface area contributed by atoms with Crippen LogP contribution in [-0.2, 0) is 18.3 Å². The average molecular weight is 267 g/mol. The summed E-state index contributed by atoms with van der Waals surface area (Å²) in [7, 11) is -6.00. The molecule has 0 heterocycles. The quantitative estimate of drug-likeness (QED) is 0.499. The molecule has 6 heteroatoms. The second kappa shape index (κ2) is 5.30. The summed E-state index contributed by atoms with van der Waals surface area (Å²) in [5.74, 6) is 0. The van der Waals surface area contributed by atoms with Gasteiger partial charge in [-0.25, -0.2) is 0 Å².